The first-order valence-electron chi connectivity index (χ1n) is 9.40. The molecule has 0 saturated heterocycles. The molecule has 1 N–H and O–H groups in total. The highest BCUT2D eigenvalue weighted by Crippen LogP contribution is 2.29. The van der Waals surface area contributed by atoms with Crippen molar-refractivity contribution in [2.24, 2.45) is 0 Å². The lowest BCUT2D eigenvalue weighted by Gasteiger charge is -2.22. The topological polar surface area (TPSA) is 84.9 Å². The number of methoxy groups -OCH3 is 2. The second-order valence-electron chi connectivity index (χ2n) is 6.81. The third kappa shape index (κ3) is 6.35. The van der Waals surface area contributed by atoms with Crippen molar-refractivity contribution >= 4 is 21.6 Å². The minimum atomic E-state index is -3.56. The van der Waals surface area contributed by atoms with Crippen molar-refractivity contribution in [1.82, 2.24) is 5.32 Å². The summed E-state index contributed by atoms with van der Waals surface area (Å²) in [4.78, 5) is 12.4. The number of carbonyl (C=O) groups excluding carboxylic acids is 1. The van der Waals surface area contributed by atoms with E-state index in [1.165, 1.54) is 24.3 Å². The summed E-state index contributed by atoms with van der Waals surface area (Å²) >= 11 is 0. The van der Waals surface area contributed by atoms with Gasteiger partial charge >= 0.3 is 0 Å². The molecule has 0 fully saturated rings. The fourth-order valence-corrected chi connectivity index (χ4v) is 4.01. The Kier molecular flexibility index (Phi) is 8.05. The summed E-state index contributed by atoms with van der Waals surface area (Å²) in [6.07, 6.45) is 1.51. The predicted octanol–water partition coefficient (Wildman–Crippen LogP) is 3.27. The van der Waals surface area contributed by atoms with Crippen LogP contribution in [0, 0.1) is 5.82 Å². The maximum absolute atomic E-state index is 13.1. The average Bonchev–Trinajstić information content (AvgIpc) is 2.70. The minimum Gasteiger partial charge on any atom is -0.497 e. The van der Waals surface area contributed by atoms with Gasteiger partial charge in [0.2, 0.25) is 15.9 Å². The van der Waals surface area contributed by atoms with Crippen LogP contribution in [0.2, 0.25) is 0 Å². The molecule has 2 rings (SSSR count). The Hall–Kier alpha value is -2.81. The molecular weight excluding hydrogens is 411 g/mol. The number of benzene rings is 2. The summed E-state index contributed by atoms with van der Waals surface area (Å²) in [7, 11) is -0.453. The number of sulfonamides is 1. The van der Waals surface area contributed by atoms with Gasteiger partial charge in [-0.25, -0.2) is 12.8 Å². The lowest BCUT2D eigenvalue weighted by Crippen LogP contribution is -2.32. The summed E-state index contributed by atoms with van der Waals surface area (Å²) < 4.78 is 49.1. The summed E-state index contributed by atoms with van der Waals surface area (Å²) in [6.45, 7) is 1.94. The number of ether oxygens (including phenoxy) is 2. The maximum atomic E-state index is 13.1. The van der Waals surface area contributed by atoms with Gasteiger partial charge in [-0.2, -0.15) is 0 Å². The first-order valence-corrected chi connectivity index (χ1v) is 11.2. The fraction of sp³-hybridized carbons (Fsp3) is 0.381. The smallest absolute Gasteiger partial charge is 0.232 e. The largest absolute Gasteiger partial charge is 0.497 e. The molecule has 1 amide bonds. The van der Waals surface area contributed by atoms with Crippen molar-refractivity contribution in [3.05, 3.63) is 53.8 Å². The second-order valence-corrected chi connectivity index (χ2v) is 8.72. The molecule has 164 valence electrons. The number of hydrogen-bond acceptors (Lipinski definition) is 5. The Morgan fingerprint density at radius 3 is 2.37 bits per heavy atom. The molecule has 0 aliphatic rings. The van der Waals surface area contributed by atoms with E-state index < -0.39 is 15.8 Å². The van der Waals surface area contributed by atoms with E-state index in [1.54, 1.807) is 32.4 Å². The number of halogens is 1. The van der Waals surface area contributed by atoms with Crippen LogP contribution in [0.15, 0.2) is 42.5 Å². The highest BCUT2D eigenvalue weighted by atomic mass is 32.2. The fourth-order valence-electron chi connectivity index (χ4n) is 3.05. The molecule has 0 aliphatic heterocycles. The first kappa shape index (κ1) is 23.5. The van der Waals surface area contributed by atoms with Crippen molar-refractivity contribution in [2.45, 2.75) is 25.8 Å². The van der Waals surface area contributed by atoms with Gasteiger partial charge in [-0.05, 0) is 55.8 Å². The van der Waals surface area contributed by atoms with Crippen LogP contribution in [-0.4, -0.2) is 41.3 Å². The summed E-state index contributed by atoms with van der Waals surface area (Å²) in [5.74, 6) is 0.603. The van der Waals surface area contributed by atoms with Gasteiger partial charge in [0, 0.05) is 18.5 Å². The summed E-state index contributed by atoms with van der Waals surface area (Å²) in [6, 6.07) is 10.2. The van der Waals surface area contributed by atoms with Crippen LogP contribution in [0.25, 0.3) is 0 Å². The SMILES string of the molecule is COc1ccc(OC)c([C@H](C)NC(=O)CCCN(c2ccc(F)cc2)S(C)(=O)=O)c1. The number of nitrogens with one attached hydrogen (secondary N) is 1. The molecule has 0 saturated carbocycles. The highest BCUT2D eigenvalue weighted by molar-refractivity contribution is 7.92. The van der Waals surface area contributed by atoms with E-state index >= 15 is 0 Å². The Morgan fingerprint density at radius 2 is 1.80 bits per heavy atom. The van der Waals surface area contributed by atoms with Crippen molar-refractivity contribution in [3.63, 3.8) is 0 Å². The Balaban J connectivity index is 1.99. The standard InChI is InChI=1S/C21H27FN2O5S/c1-15(19-14-18(28-2)11-12-20(19)29-3)23-21(25)6-5-13-24(30(4,26)27)17-9-7-16(22)8-10-17/h7-12,14-15H,5-6,13H2,1-4H3,(H,23,25)/t15-/m0/s1. The molecule has 0 unspecified atom stereocenters. The second kappa shape index (κ2) is 10.3. The molecule has 0 aromatic heterocycles. The van der Waals surface area contributed by atoms with Gasteiger partial charge in [0.15, 0.2) is 0 Å². The molecule has 0 radical (unpaired) electrons. The normalized spacial score (nSPS) is 12.2. The zero-order valence-electron chi connectivity index (χ0n) is 17.5. The number of hydrogen-bond donors (Lipinski definition) is 1. The Bertz CT molecular complexity index is 964. The molecule has 2 aromatic rings. The Morgan fingerprint density at radius 1 is 1.13 bits per heavy atom. The monoisotopic (exact) mass is 438 g/mol. The van der Waals surface area contributed by atoms with E-state index in [9.17, 15) is 17.6 Å². The number of nitrogens with zero attached hydrogens (tertiary/aromatic N) is 1. The van der Waals surface area contributed by atoms with Gasteiger partial charge in [0.05, 0.1) is 32.2 Å². The zero-order chi connectivity index (χ0) is 22.3. The van der Waals surface area contributed by atoms with E-state index in [2.05, 4.69) is 5.32 Å². The molecular formula is C21H27FN2O5S. The molecule has 1 atom stereocenters. The number of rotatable bonds is 10. The van der Waals surface area contributed by atoms with Gasteiger partial charge in [0.25, 0.3) is 0 Å². The highest BCUT2D eigenvalue weighted by Gasteiger charge is 2.19. The maximum Gasteiger partial charge on any atom is 0.232 e. The van der Waals surface area contributed by atoms with Crippen LogP contribution in [0.3, 0.4) is 0 Å². The van der Waals surface area contributed by atoms with Crippen LogP contribution >= 0.6 is 0 Å². The van der Waals surface area contributed by atoms with E-state index in [-0.39, 0.29) is 24.9 Å². The van der Waals surface area contributed by atoms with Crippen LogP contribution in [0.4, 0.5) is 10.1 Å². The lowest BCUT2D eigenvalue weighted by atomic mass is 10.1. The molecule has 9 heteroatoms. The summed E-state index contributed by atoms with van der Waals surface area (Å²) in [5, 5.41) is 2.89. The minimum absolute atomic E-state index is 0.106. The van der Waals surface area contributed by atoms with Crippen molar-refractivity contribution in [3.8, 4) is 11.5 Å². The van der Waals surface area contributed by atoms with Crippen LogP contribution in [0.5, 0.6) is 11.5 Å². The lowest BCUT2D eigenvalue weighted by molar-refractivity contribution is -0.121. The molecule has 0 spiro atoms. The summed E-state index contributed by atoms with van der Waals surface area (Å²) in [5.41, 5.74) is 1.13. The van der Waals surface area contributed by atoms with E-state index in [4.69, 9.17) is 9.47 Å². The van der Waals surface area contributed by atoms with Gasteiger partial charge < -0.3 is 14.8 Å². The molecule has 7 nitrogen and oxygen atoms in total. The van der Waals surface area contributed by atoms with Crippen LogP contribution in [-0.2, 0) is 14.8 Å². The molecule has 0 aliphatic carbocycles. The average molecular weight is 439 g/mol. The molecule has 2 aromatic carbocycles. The molecule has 0 heterocycles. The van der Waals surface area contributed by atoms with Crippen LogP contribution in [0.1, 0.15) is 31.4 Å². The third-order valence-electron chi connectivity index (χ3n) is 4.56. The number of anilines is 1. The van der Waals surface area contributed by atoms with Gasteiger partial charge in [0.1, 0.15) is 17.3 Å². The van der Waals surface area contributed by atoms with Crippen molar-refractivity contribution < 1.29 is 27.1 Å². The molecule has 0 bridgehead atoms. The van der Waals surface area contributed by atoms with Crippen LogP contribution < -0.4 is 19.1 Å². The number of amides is 1. The van der Waals surface area contributed by atoms with Crippen molar-refractivity contribution in [2.75, 3.05) is 31.3 Å². The van der Waals surface area contributed by atoms with E-state index in [0.29, 0.717) is 23.6 Å². The Labute approximate surface area is 176 Å². The molecule has 30 heavy (non-hydrogen) atoms. The predicted molar refractivity (Wildman–Crippen MR) is 114 cm³/mol. The zero-order valence-corrected chi connectivity index (χ0v) is 18.3. The first-order chi connectivity index (χ1) is 14.2. The van der Waals surface area contributed by atoms with E-state index in [0.717, 1.165) is 16.1 Å². The quantitative estimate of drug-likeness (QED) is 0.615. The van der Waals surface area contributed by atoms with Gasteiger partial charge in [-0.3, -0.25) is 9.10 Å². The van der Waals surface area contributed by atoms with Gasteiger partial charge in [-0.1, -0.05) is 0 Å². The van der Waals surface area contributed by atoms with Crippen molar-refractivity contribution in [1.29, 1.82) is 0 Å². The van der Waals surface area contributed by atoms with Gasteiger partial charge in [-0.15, -0.1) is 0 Å². The number of carbonyl (C=O) groups is 1. The van der Waals surface area contributed by atoms with E-state index in [1.807, 2.05) is 6.92 Å². The third-order valence-corrected chi connectivity index (χ3v) is 5.75.